The fourth-order valence-electron chi connectivity index (χ4n) is 1.84. The normalized spacial score (nSPS) is 12.2. The first kappa shape index (κ1) is 13.4. The highest BCUT2D eigenvalue weighted by atomic mass is 79.9. The molecule has 88 valence electrons. The van der Waals surface area contributed by atoms with Gasteiger partial charge in [0.2, 0.25) is 0 Å². The fraction of sp³-hybridized carbons (Fsp3) is 0.500. The summed E-state index contributed by atoms with van der Waals surface area (Å²) in [6, 6.07) is 8.64. The van der Waals surface area contributed by atoms with E-state index in [-0.39, 0.29) is 0 Å². The Kier molecular flexibility index (Phi) is 5.20. The van der Waals surface area contributed by atoms with Crippen molar-refractivity contribution in [2.75, 3.05) is 0 Å². The van der Waals surface area contributed by atoms with Crippen molar-refractivity contribution in [1.29, 1.82) is 0 Å². The van der Waals surface area contributed by atoms with Crippen LogP contribution in [0.5, 0.6) is 0 Å². The molecular formula is C14H20BrN. The summed E-state index contributed by atoms with van der Waals surface area (Å²) in [7, 11) is 0. The highest BCUT2D eigenvalue weighted by molar-refractivity contribution is 9.10. The summed E-state index contributed by atoms with van der Waals surface area (Å²) in [6.07, 6.45) is 1.98. The van der Waals surface area contributed by atoms with Crippen LogP contribution in [0, 0.1) is 11.8 Å². The zero-order valence-electron chi connectivity index (χ0n) is 10.4. The zero-order valence-corrected chi connectivity index (χ0v) is 12.0. The van der Waals surface area contributed by atoms with Crippen LogP contribution in [-0.2, 0) is 0 Å². The van der Waals surface area contributed by atoms with E-state index in [0.717, 1.165) is 10.0 Å². The topological polar surface area (TPSA) is 12.4 Å². The summed E-state index contributed by atoms with van der Waals surface area (Å²) in [6.45, 7) is 8.90. The van der Waals surface area contributed by atoms with E-state index in [9.17, 15) is 0 Å². The molecule has 0 aliphatic rings. The largest absolute Gasteiger partial charge is 0.289 e. The van der Waals surface area contributed by atoms with Gasteiger partial charge in [-0.05, 0) is 29.5 Å². The number of nitrogens with zero attached hydrogens (tertiary/aromatic N) is 1. The third-order valence-electron chi connectivity index (χ3n) is 2.63. The minimum Gasteiger partial charge on any atom is -0.289 e. The van der Waals surface area contributed by atoms with E-state index < -0.39 is 0 Å². The van der Waals surface area contributed by atoms with E-state index in [0.29, 0.717) is 17.9 Å². The standard InChI is InChI=1S/C14H20BrN/c1-10(2)14(11(3)4)16-9-12-5-7-13(15)8-6-12/h5-11,14H,1-4H3. The molecule has 16 heavy (non-hydrogen) atoms. The first-order valence-corrected chi connectivity index (χ1v) is 6.58. The number of hydrogen-bond donors (Lipinski definition) is 0. The summed E-state index contributed by atoms with van der Waals surface area (Å²) in [5.41, 5.74) is 1.16. The highest BCUT2D eigenvalue weighted by Gasteiger charge is 2.14. The molecule has 1 aromatic rings. The van der Waals surface area contributed by atoms with E-state index in [1.165, 1.54) is 0 Å². The number of aliphatic imine (C=N–C) groups is 1. The smallest absolute Gasteiger partial charge is 0.0545 e. The van der Waals surface area contributed by atoms with Crippen molar-refractivity contribution in [2.45, 2.75) is 33.7 Å². The second kappa shape index (κ2) is 6.19. The van der Waals surface area contributed by atoms with Gasteiger partial charge in [0, 0.05) is 10.7 Å². The van der Waals surface area contributed by atoms with Crippen LogP contribution >= 0.6 is 15.9 Å². The molecule has 0 aromatic heterocycles. The molecule has 0 fully saturated rings. The SMILES string of the molecule is CC(C)C(N=Cc1ccc(Br)cc1)C(C)C. The lowest BCUT2D eigenvalue weighted by Crippen LogP contribution is -2.19. The first-order chi connectivity index (χ1) is 7.50. The van der Waals surface area contributed by atoms with E-state index in [4.69, 9.17) is 0 Å². The summed E-state index contributed by atoms with van der Waals surface area (Å²) in [5, 5.41) is 0. The third-order valence-corrected chi connectivity index (χ3v) is 3.16. The van der Waals surface area contributed by atoms with Gasteiger partial charge >= 0.3 is 0 Å². The minimum absolute atomic E-state index is 0.406. The molecule has 2 heteroatoms. The molecule has 0 unspecified atom stereocenters. The van der Waals surface area contributed by atoms with Crippen LogP contribution in [0.2, 0.25) is 0 Å². The molecule has 0 spiro atoms. The number of benzene rings is 1. The van der Waals surface area contributed by atoms with Crippen molar-refractivity contribution in [3.8, 4) is 0 Å². The van der Waals surface area contributed by atoms with Crippen molar-refractivity contribution in [1.82, 2.24) is 0 Å². The average Bonchev–Trinajstić information content (AvgIpc) is 2.20. The summed E-state index contributed by atoms with van der Waals surface area (Å²) in [4.78, 5) is 4.68. The van der Waals surface area contributed by atoms with E-state index >= 15 is 0 Å². The van der Waals surface area contributed by atoms with E-state index in [1.807, 2.05) is 18.3 Å². The van der Waals surface area contributed by atoms with Gasteiger partial charge in [-0.3, -0.25) is 4.99 Å². The quantitative estimate of drug-likeness (QED) is 0.718. The second-order valence-electron chi connectivity index (χ2n) is 4.81. The van der Waals surface area contributed by atoms with E-state index in [1.54, 1.807) is 0 Å². The van der Waals surface area contributed by atoms with Crippen molar-refractivity contribution in [2.24, 2.45) is 16.8 Å². The molecule has 0 aliphatic heterocycles. The molecule has 0 saturated carbocycles. The molecule has 0 aliphatic carbocycles. The minimum atomic E-state index is 0.406. The second-order valence-corrected chi connectivity index (χ2v) is 5.72. The molecule has 1 rings (SSSR count). The fourth-order valence-corrected chi connectivity index (χ4v) is 2.10. The maximum Gasteiger partial charge on any atom is 0.0545 e. The van der Waals surface area contributed by atoms with Gasteiger partial charge in [0.15, 0.2) is 0 Å². The van der Waals surface area contributed by atoms with Gasteiger partial charge in [-0.15, -0.1) is 0 Å². The Morgan fingerprint density at radius 2 is 1.50 bits per heavy atom. The molecule has 1 aromatic carbocycles. The molecular weight excluding hydrogens is 262 g/mol. The van der Waals surface area contributed by atoms with Gasteiger partial charge in [0.25, 0.3) is 0 Å². The predicted octanol–water partition coefficient (Wildman–Crippen LogP) is 4.55. The Labute approximate surface area is 107 Å². The third kappa shape index (κ3) is 4.09. The zero-order chi connectivity index (χ0) is 12.1. The lowest BCUT2D eigenvalue weighted by atomic mass is 9.94. The van der Waals surface area contributed by atoms with Gasteiger partial charge in [-0.25, -0.2) is 0 Å². The van der Waals surface area contributed by atoms with Crippen LogP contribution in [0.25, 0.3) is 0 Å². The lowest BCUT2D eigenvalue weighted by Gasteiger charge is -2.20. The van der Waals surface area contributed by atoms with Crippen LogP contribution in [0.3, 0.4) is 0 Å². The Bertz CT molecular complexity index is 330. The first-order valence-electron chi connectivity index (χ1n) is 5.79. The molecule has 0 N–H and O–H groups in total. The van der Waals surface area contributed by atoms with Crippen molar-refractivity contribution in [3.05, 3.63) is 34.3 Å². The number of halogens is 1. The summed E-state index contributed by atoms with van der Waals surface area (Å²) >= 11 is 3.43. The van der Waals surface area contributed by atoms with Crippen molar-refractivity contribution in [3.63, 3.8) is 0 Å². The predicted molar refractivity (Wildman–Crippen MR) is 75.2 cm³/mol. The Hall–Kier alpha value is -0.630. The van der Waals surface area contributed by atoms with Gasteiger partial charge in [0.1, 0.15) is 0 Å². The Morgan fingerprint density at radius 1 is 1.00 bits per heavy atom. The van der Waals surface area contributed by atoms with Gasteiger partial charge in [-0.2, -0.15) is 0 Å². The van der Waals surface area contributed by atoms with Crippen LogP contribution in [0.1, 0.15) is 33.3 Å². The van der Waals surface area contributed by atoms with Crippen molar-refractivity contribution < 1.29 is 0 Å². The molecule has 0 bridgehead atoms. The molecule has 0 atom stereocenters. The molecule has 0 saturated heterocycles. The molecule has 0 heterocycles. The van der Waals surface area contributed by atoms with Gasteiger partial charge in [-0.1, -0.05) is 55.8 Å². The monoisotopic (exact) mass is 281 g/mol. The average molecular weight is 282 g/mol. The van der Waals surface area contributed by atoms with Crippen LogP contribution in [0.15, 0.2) is 33.7 Å². The Balaban J connectivity index is 2.74. The maximum atomic E-state index is 4.68. The highest BCUT2D eigenvalue weighted by Crippen LogP contribution is 2.16. The number of hydrogen-bond acceptors (Lipinski definition) is 1. The van der Waals surface area contributed by atoms with Crippen molar-refractivity contribution >= 4 is 22.1 Å². The number of rotatable bonds is 4. The van der Waals surface area contributed by atoms with Crippen LogP contribution in [-0.4, -0.2) is 12.3 Å². The molecule has 0 radical (unpaired) electrons. The maximum absolute atomic E-state index is 4.68. The van der Waals surface area contributed by atoms with Crippen LogP contribution < -0.4 is 0 Å². The molecule has 0 amide bonds. The summed E-state index contributed by atoms with van der Waals surface area (Å²) in [5.74, 6) is 1.18. The van der Waals surface area contributed by atoms with Crippen LogP contribution in [0.4, 0.5) is 0 Å². The lowest BCUT2D eigenvalue weighted by molar-refractivity contribution is 0.390. The van der Waals surface area contributed by atoms with E-state index in [2.05, 4.69) is 60.8 Å². The molecule has 1 nitrogen and oxygen atoms in total. The van der Waals surface area contributed by atoms with Gasteiger partial charge < -0.3 is 0 Å². The summed E-state index contributed by atoms with van der Waals surface area (Å²) < 4.78 is 1.11. The Morgan fingerprint density at radius 3 is 1.94 bits per heavy atom. The van der Waals surface area contributed by atoms with Gasteiger partial charge in [0.05, 0.1) is 6.04 Å².